The monoisotopic (exact) mass is 181 g/mol. The van der Waals surface area contributed by atoms with Gasteiger partial charge in [0, 0.05) is 18.8 Å². The average Bonchev–Trinajstić information content (AvgIpc) is 2.44. The molecule has 0 saturated heterocycles. The normalized spacial score (nSPS) is 13.2. The van der Waals surface area contributed by atoms with Gasteiger partial charge in [0.25, 0.3) is 0 Å². The zero-order valence-electron chi connectivity index (χ0n) is 8.96. The minimum Gasteiger partial charge on any atom is -0.317 e. The van der Waals surface area contributed by atoms with Gasteiger partial charge in [-0.25, -0.2) is 0 Å². The lowest BCUT2D eigenvalue weighted by Crippen LogP contribution is -2.21. The second-order valence-electron chi connectivity index (χ2n) is 3.61. The minimum atomic E-state index is 0.583. The number of aromatic nitrogens is 2. The van der Waals surface area contributed by atoms with Gasteiger partial charge in [-0.2, -0.15) is 5.10 Å². The highest BCUT2D eigenvalue weighted by Gasteiger charge is 2.05. The van der Waals surface area contributed by atoms with Crippen molar-refractivity contribution in [3.8, 4) is 0 Å². The molecule has 0 amide bonds. The summed E-state index contributed by atoms with van der Waals surface area (Å²) in [5.41, 5.74) is 2.65. The standard InChI is InChI=1S/C10H19N3/c1-8(11-3)5-6-10-7-12-13(4)9(10)2/h7-8,11H,5-6H2,1-4H3. The van der Waals surface area contributed by atoms with Crippen LogP contribution in [0.2, 0.25) is 0 Å². The van der Waals surface area contributed by atoms with Crippen LogP contribution in [0, 0.1) is 6.92 Å². The van der Waals surface area contributed by atoms with E-state index in [0.29, 0.717) is 6.04 Å². The molecule has 1 atom stereocenters. The van der Waals surface area contributed by atoms with Crippen LogP contribution in [-0.2, 0) is 13.5 Å². The molecule has 1 aromatic heterocycles. The third-order valence-corrected chi connectivity index (χ3v) is 2.68. The second kappa shape index (κ2) is 4.42. The Balaban J connectivity index is 2.50. The van der Waals surface area contributed by atoms with Crippen molar-refractivity contribution in [2.75, 3.05) is 7.05 Å². The Hall–Kier alpha value is -0.830. The van der Waals surface area contributed by atoms with Crippen LogP contribution in [0.25, 0.3) is 0 Å². The van der Waals surface area contributed by atoms with Gasteiger partial charge in [0.05, 0.1) is 6.20 Å². The molecule has 3 heteroatoms. The maximum Gasteiger partial charge on any atom is 0.0524 e. The van der Waals surface area contributed by atoms with E-state index in [1.807, 2.05) is 25.0 Å². The summed E-state index contributed by atoms with van der Waals surface area (Å²) in [5.74, 6) is 0. The predicted molar refractivity (Wildman–Crippen MR) is 54.8 cm³/mol. The lowest BCUT2D eigenvalue weighted by atomic mass is 10.1. The molecule has 0 aromatic carbocycles. The maximum absolute atomic E-state index is 4.22. The predicted octanol–water partition coefficient (Wildman–Crippen LogP) is 1.27. The third-order valence-electron chi connectivity index (χ3n) is 2.68. The highest BCUT2D eigenvalue weighted by atomic mass is 15.3. The van der Waals surface area contributed by atoms with Gasteiger partial charge < -0.3 is 5.32 Å². The number of nitrogens with one attached hydrogen (secondary N) is 1. The number of aryl methyl sites for hydroxylation is 2. The van der Waals surface area contributed by atoms with Crippen molar-refractivity contribution < 1.29 is 0 Å². The van der Waals surface area contributed by atoms with Crippen LogP contribution >= 0.6 is 0 Å². The summed E-state index contributed by atoms with van der Waals surface area (Å²) in [6, 6.07) is 0.583. The Kier molecular flexibility index (Phi) is 3.48. The average molecular weight is 181 g/mol. The van der Waals surface area contributed by atoms with Gasteiger partial charge in [-0.15, -0.1) is 0 Å². The van der Waals surface area contributed by atoms with E-state index in [1.54, 1.807) is 0 Å². The van der Waals surface area contributed by atoms with E-state index in [-0.39, 0.29) is 0 Å². The van der Waals surface area contributed by atoms with Crippen molar-refractivity contribution in [2.45, 2.75) is 32.7 Å². The Morgan fingerprint density at radius 3 is 2.77 bits per heavy atom. The molecule has 0 aliphatic rings. The summed E-state index contributed by atoms with van der Waals surface area (Å²) in [5, 5.41) is 7.45. The van der Waals surface area contributed by atoms with Gasteiger partial charge in [0.15, 0.2) is 0 Å². The lowest BCUT2D eigenvalue weighted by Gasteiger charge is -2.08. The maximum atomic E-state index is 4.22. The number of rotatable bonds is 4. The first-order valence-corrected chi connectivity index (χ1v) is 4.80. The first kappa shape index (κ1) is 10.3. The van der Waals surface area contributed by atoms with Crippen LogP contribution in [0.4, 0.5) is 0 Å². The molecule has 13 heavy (non-hydrogen) atoms. The fraction of sp³-hybridized carbons (Fsp3) is 0.700. The largest absolute Gasteiger partial charge is 0.317 e. The van der Waals surface area contributed by atoms with E-state index in [2.05, 4.69) is 24.3 Å². The summed E-state index contributed by atoms with van der Waals surface area (Å²) >= 11 is 0. The highest BCUT2D eigenvalue weighted by molar-refractivity contribution is 5.15. The first-order chi connectivity index (χ1) is 6.15. The number of hydrogen-bond donors (Lipinski definition) is 1. The van der Waals surface area contributed by atoms with Gasteiger partial charge in [-0.05, 0) is 39.3 Å². The minimum absolute atomic E-state index is 0.583. The zero-order chi connectivity index (χ0) is 9.84. The molecule has 1 N–H and O–H groups in total. The van der Waals surface area contributed by atoms with E-state index in [4.69, 9.17) is 0 Å². The van der Waals surface area contributed by atoms with Crippen molar-refractivity contribution in [3.63, 3.8) is 0 Å². The molecule has 0 aliphatic carbocycles. The molecule has 3 nitrogen and oxygen atoms in total. The molecule has 1 unspecified atom stereocenters. The molecule has 0 saturated carbocycles. The quantitative estimate of drug-likeness (QED) is 0.758. The van der Waals surface area contributed by atoms with Gasteiger partial charge in [0.2, 0.25) is 0 Å². The van der Waals surface area contributed by atoms with Crippen LogP contribution in [0.15, 0.2) is 6.20 Å². The summed E-state index contributed by atoms with van der Waals surface area (Å²) in [6.45, 7) is 4.32. The van der Waals surface area contributed by atoms with Crippen LogP contribution < -0.4 is 5.32 Å². The van der Waals surface area contributed by atoms with Crippen LogP contribution in [0.3, 0.4) is 0 Å². The zero-order valence-corrected chi connectivity index (χ0v) is 8.96. The smallest absolute Gasteiger partial charge is 0.0524 e. The highest BCUT2D eigenvalue weighted by Crippen LogP contribution is 2.09. The van der Waals surface area contributed by atoms with Crippen LogP contribution in [0.5, 0.6) is 0 Å². The Morgan fingerprint density at radius 2 is 2.31 bits per heavy atom. The molecule has 1 heterocycles. The Labute approximate surface area is 80.1 Å². The number of nitrogens with zero attached hydrogens (tertiary/aromatic N) is 2. The fourth-order valence-corrected chi connectivity index (χ4v) is 1.31. The lowest BCUT2D eigenvalue weighted by molar-refractivity contribution is 0.564. The van der Waals surface area contributed by atoms with E-state index in [9.17, 15) is 0 Å². The topological polar surface area (TPSA) is 29.9 Å². The molecule has 0 fully saturated rings. The Morgan fingerprint density at radius 1 is 1.62 bits per heavy atom. The van der Waals surface area contributed by atoms with Crippen LogP contribution in [-0.4, -0.2) is 22.9 Å². The van der Waals surface area contributed by atoms with Gasteiger partial charge in [-0.1, -0.05) is 0 Å². The molecule has 1 aromatic rings. The van der Waals surface area contributed by atoms with Crippen molar-refractivity contribution >= 4 is 0 Å². The van der Waals surface area contributed by atoms with Gasteiger partial charge in [0.1, 0.15) is 0 Å². The molecule has 0 aliphatic heterocycles. The molecular formula is C10H19N3. The first-order valence-electron chi connectivity index (χ1n) is 4.80. The molecule has 74 valence electrons. The molecule has 0 bridgehead atoms. The van der Waals surface area contributed by atoms with E-state index >= 15 is 0 Å². The molecule has 0 radical (unpaired) electrons. The number of hydrogen-bond acceptors (Lipinski definition) is 2. The van der Waals surface area contributed by atoms with Crippen molar-refractivity contribution in [1.29, 1.82) is 0 Å². The SMILES string of the molecule is CNC(C)CCc1cnn(C)c1C. The molecular weight excluding hydrogens is 162 g/mol. The van der Waals surface area contributed by atoms with E-state index < -0.39 is 0 Å². The molecule has 1 rings (SSSR count). The van der Waals surface area contributed by atoms with Crippen molar-refractivity contribution in [1.82, 2.24) is 15.1 Å². The summed E-state index contributed by atoms with van der Waals surface area (Å²) in [6.07, 6.45) is 4.25. The second-order valence-corrected chi connectivity index (χ2v) is 3.61. The van der Waals surface area contributed by atoms with Gasteiger partial charge in [-0.3, -0.25) is 4.68 Å². The summed E-state index contributed by atoms with van der Waals surface area (Å²) in [4.78, 5) is 0. The Bertz CT molecular complexity index is 265. The van der Waals surface area contributed by atoms with Crippen LogP contribution in [0.1, 0.15) is 24.6 Å². The fourth-order valence-electron chi connectivity index (χ4n) is 1.31. The molecule has 0 spiro atoms. The van der Waals surface area contributed by atoms with Crippen molar-refractivity contribution in [2.24, 2.45) is 7.05 Å². The van der Waals surface area contributed by atoms with E-state index in [0.717, 1.165) is 6.42 Å². The summed E-state index contributed by atoms with van der Waals surface area (Å²) < 4.78 is 1.93. The van der Waals surface area contributed by atoms with Gasteiger partial charge >= 0.3 is 0 Å². The van der Waals surface area contributed by atoms with E-state index in [1.165, 1.54) is 17.7 Å². The van der Waals surface area contributed by atoms with Crippen molar-refractivity contribution in [3.05, 3.63) is 17.5 Å². The summed E-state index contributed by atoms with van der Waals surface area (Å²) in [7, 11) is 3.99. The third kappa shape index (κ3) is 2.56.